The second-order valence-electron chi connectivity index (χ2n) is 5.97. The van der Waals surface area contributed by atoms with E-state index in [2.05, 4.69) is 10.3 Å². The highest BCUT2D eigenvalue weighted by atomic mass is 35.5. The van der Waals surface area contributed by atoms with Crippen LogP contribution < -0.4 is 11.1 Å². The standard InChI is InChI=1S/C14H17N3O.ClH/c15-10-4-3-9(6-16-10)17-14(18)13-11-7-1-2-8(5-7)12(11)13;/h3-4,6-8,11-13H,1-2,5H2,(H2,15,16)(H,17,18);1H. The number of anilines is 2. The number of rotatable bonds is 2. The van der Waals surface area contributed by atoms with Gasteiger partial charge in [-0.25, -0.2) is 4.98 Å². The fourth-order valence-corrected chi connectivity index (χ4v) is 4.38. The molecule has 3 saturated carbocycles. The predicted octanol–water partition coefficient (Wildman–Crippen LogP) is 2.32. The number of hydrogen-bond acceptors (Lipinski definition) is 3. The van der Waals surface area contributed by atoms with Crippen LogP contribution in [0.4, 0.5) is 11.5 Å². The van der Waals surface area contributed by atoms with Gasteiger partial charge in [-0.05, 0) is 55.1 Å². The van der Waals surface area contributed by atoms with Crippen LogP contribution in [0.3, 0.4) is 0 Å². The summed E-state index contributed by atoms with van der Waals surface area (Å²) in [5, 5.41) is 2.97. The van der Waals surface area contributed by atoms with E-state index in [1.54, 1.807) is 12.3 Å². The van der Waals surface area contributed by atoms with Gasteiger partial charge >= 0.3 is 0 Å². The molecule has 3 aliphatic carbocycles. The molecule has 1 aromatic rings. The van der Waals surface area contributed by atoms with E-state index in [-0.39, 0.29) is 24.2 Å². The molecule has 4 rings (SSSR count). The minimum Gasteiger partial charge on any atom is -0.384 e. The normalized spacial score (nSPS) is 37.4. The molecule has 1 amide bonds. The summed E-state index contributed by atoms with van der Waals surface area (Å²) in [6.45, 7) is 0. The second-order valence-corrected chi connectivity index (χ2v) is 5.97. The number of nitrogens with one attached hydrogen (secondary N) is 1. The van der Waals surface area contributed by atoms with E-state index in [0.717, 1.165) is 17.5 Å². The van der Waals surface area contributed by atoms with Crippen LogP contribution in [-0.4, -0.2) is 10.9 Å². The van der Waals surface area contributed by atoms with E-state index >= 15 is 0 Å². The molecule has 2 bridgehead atoms. The lowest BCUT2D eigenvalue weighted by atomic mass is 10.0. The lowest BCUT2D eigenvalue weighted by molar-refractivity contribution is -0.118. The van der Waals surface area contributed by atoms with Crippen molar-refractivity contribution in [3.8, 4) is 0 Å². The number of amides is 1. The Morgan fingerprint density at radius 2 is 1.95 bits per heavy atom. The van der Waals surface area contributed by atoms with Gasteiger partial charge in [-0.1, -0.05) is 0 Å². The molecule has 102 valence electrons. The van der Waals surface area contributed by atoms with Crippen molar-refractivity contribution in [2.24, 2.45) is 29.6 Å². The minimum atomic E-state index is 0. The van der Waals surface area contributed by atoms with Crippen LogP contribution in [0, 0.1) is 29.6 Å². The lowest BCUT2D eigenvalue weighted by Gasteiger charge is -2.09. The number of nitrogens with two attached hydrogens (primary N) is 1. The Morgan fingerprint density at radius 3 is 2.53 bits per heavy atom. The molecule has 3 aliphatic rings. The summed E-state index contributed by atoms with van der Waals surface area (Å²) in [7, 11) is 0. The molecule has 0 radical (unpaired) electrons. The predicted molar refractivity (Wildman–Crippen MR) is 75.8 cm³/mol. The van der Waals surface area contributed by atoms with Crippen LogP contribution in [0.1, 0.15) is 19.3 Å². The number of hydrogen-bond donors (Lipinski definition) is 2. The lowest BCUT2D eigenvalue weighted by Crippen LogP contribution is -2.18. The maximum Gasteiger partial charge on any atom is 0.228 e. The third kappa shape index (κ3) is 1.89. The molecule has 4 atom stereocenters. The van der Waals surface area contributed by atoms with Crippen LogP contribution in [0.2, 0.25) is 0 Å². The molecule has 19 heavy (non-hydrogen) atoms. The maximum absolute atomic E-state index is 12.2. The van der Waals surface area contributed by atoms with Crippen molar-refractivity contribution in [2.45, 2.75) is 19.3 Å². The van der Waals surface area contributed by atoms with Crippen LogP contribution in [0.15, 0.2) is 18.3 Å². The van der Waals surface area contributed by atoms with Gasteiger partial charge < -0.3 is 11.1 Å². The first-order chi connectivity index (χ1) is 8.74. The molecule has 3 fully saturated rings. The highest BCUT2D eigenvalue weighted by Gasteiger charge is 2.67. The Morgan fingerprint density at radius 1 is 1.26 bits per heavy atom. The van der Waals surface area contributed by atoms with Gasteiger partial charge in [-0.2, -0.15) is 0 Å². The zero-order valence-corrected chi connectivity index (χ0v) is 11.4. The van der Waals surface area contributed by atoms with Crippen molar-refractivity contribution in [3.05, 3.63) is 18.3 Å². The van der Waals surface area contributed by atoms with Crippen molar-refractivity contribution in [1.82, 2.24) is 4.98 Å². The third-order valence-corrected chi connectivity index (χ3v) is 5.09. The molecule has 4 nitrogen and oxygen atoms in total. The molecule has 1 heterocycles. The van der Waals surface area contributed by atoms with Crippen LogP contribution >= 0.6 is 12.4 Å². The van der Waals surface area contributed by atoms with Crippen molar-refractivity contribution in [3.63, 3.8) is 0 Å². The molecule has 4 unspecified atom stereocenters. The molecule has 0 saturated heterocycles. The topological polar surface area (TPSA) is 68.0 Å². The van der Waals surface area contributed by atoms with E-state index in [9.17, 15) is 4.79 Å². The van der Waals surface area contributed by atoms with Crippen molar-refractivity contribution >= 4 is 29.8 Å². The molecule has 5 heteroatoms. The van der Waals surface area contributed by atoms with Crippen LogP contribution in [-0.2, 0) is 4.79 Å². The van der Waals surface area contributed by atoms with E-state index in [1.807, 2.05) is 6.07 Å². The molecule has 1 aromatic heterocycles. The minimum absolute atomic E-state index is 0. The number of aromatic nitrogens is 1. The Bertz CT molecular complexity index is 488. The van der Waals surface area contributed by atoms with Gasteiger partial charge in [0, 0.05) is 5.92 Å². The van der Waals surface area contributed by atoms with Crippen molar-refractivity contribution in [2.75, 3.05) is 11.1 Å². The zero-order chi connectivity index (χ0) is 12.3. The van der Waals surface area contributed by atoms with Crippen LogP contribution in [0.5, 0.6) is 0 Å². The van der Waals surface area contributed by atoms with Crippen molar-refractivity contribution in [1.29, 1.82) is 0 Å². The number of halogens is 1. The number of nitrogens with zero attached hydrogens (tertiary/aromatic N) is 1. The summed E-state index contributed by atoms with van der Waals surface area (Å²) in [6, 6.07) is 3.53. The second kappa shape index (κ2) is 4.37. The average molecular weight is 280 g/mol. The first-order valence-corrected chi connectivity index (χ1v) is 6.76. The number of nitrogen functional groups attached to an aromatic ring is 1. The summed E-state index contributed by atoms with van der Waals surface area (Å²) in [4.78, 5) is 16.2. The smallest absolute Gasteiger partial charge is 0.228 e. The van der Waals surface area contributed by atoms with Gasteiger partial charge in [0.15, 0.2) is 0 Å². The fraction of sp³-hybridized carbons (Fsp3) is 0.571. The number of fused-ring (bicyclic) bond motifs is 5. The Kier molecular flexibility index (Phi) is 2.93. The van der Waals surface area contributed by atoms with Gasteiger partial charge in [-0.15, -0.1) is 12.4 Å². The van der Waals surface area contributed by atoms with E-state index in [1.165, 1.54) is 19.3 Å². The quantitative estimate of drug-likeness (QED) is 0.873. The van der Waals surface area contributed by atoms with E-state index < -0.39 is 0 Å². The summed E-state index contributed by atoms with van der Waals surface area (Å²) in [5.41, 5.74) is 6.28. The number of carbonyl (C=O) groups excluding carboxylic acids is 1. The molecule has 0 aliphatic heterocycles. The van der Waals surface area contributed by atoms with Gasteiger partial charge in [0.2, 0.25) is 5.91 Å². The first kappa shape index (κ1) is 12.7. The van der Waals surface area contributed by atoms with Crippen LogP contribution in [0.25, 0.3) is 0 Å². The summed E-state index contributed by atoms with van der Waals surface area (Å²) < 4.78 is 0. The van der Waals surface area contributed by atoms with Crippen molar-refractivity contribution < 1.29 is 4.79 Å². The van der Waals surface area contributed by atoms with Gasteiger partial charge in [0.1, 0.15) is 5.82 Å². The highest BCUT2D eigenvalue weighted by molar-refractivity contribution is 5.95. The Balaban J connectivity index is 0.00000110. The largest absolute Gasteiger partial charge is 0.384 e. The first-order valence-electron chi connectivity index (χ1n) is 6.76. The zero-order valence-electron chi connectivity index (χ0n) is 10.6. The monoisotopic (exact) mass is 279 g/mol. The third-order valence-electron chi connectivity index (χ3n) is 5.09. The van der Waals surface area contributed by atoms with E-state index in [0.29, 0.717) is 17.7 Å². The van der Waals surface area contributed by atoms with E-state index in [4.69, 9.17) is 5.73 Å². The molecule has 0 spiro atoms. The van der Waals surface area contributed by atoms with Gasteiger partial charge in [-0.3, -0.25) is 4.79 Å². The summed E-state index contributed by atoms with van der Waals surface area (Å²) in [5.74, 6) is 3.98. The SMILES string of the molecule is Cl.Nc1ccc(NC(=O)C2C3C4CCC(C4)C23)cn1. The maximum atomic E-state index is 12.2. The number of pyridine rings is 1. The summed E-state index contributed by atoms with van der Waals surface area (Å²) in [6.07, 6.45) is 5.70. The summed E-state index contributed by atoms with van der Waals surface area (Å²) >= 11 is 0. The molecular weight excluding hydrogens is 262 g/mol. The average Bonchev–Trinajstić information content (AvgIpc) is 2.82. The van der Waals surface area contributed by atoms with Gasteiger partial charge in [0.05, 0.1) is 11.9 Å². The Hall–Kier alpha value is -1.29. The molecule has 3 N–H and O–H groups in total. The molecular formula is C14H18ClN3O. The number of carbonyl (C=O) groups is 1. The highest BCUT2D eigenvalue weighted by Crippen LogP contribution is 2.69. The Labute approximate surface area is 118 Å². The molecule has 0 aromatic carbocycles. The van der Waals surface area contributed by atoms with Gasteiger partial charge in [0.25, 0.3) is 0 Å². The fourth-order valence-electron chi connectivity index (χ4n) is 4.38.